The highest BCUT2D eigenvalue weighted by Gasteiger charge is 2.36. The zero-order valence-electron chi connectivity index (χ0n) is 12.1. The molecule has 5 nitrogen and oxygen atoms in total. The van der Waals surface area contributed by atoms with Gasteiger partial charge in [0.25, 0.3) is 0 Å². The molecule has 2 rings (SSSR count). The molecule has 0 amide bonds. The number of sulfonamides is 1. The Morgan fingerprint density at radius 2 is 1.85 bits per heavy atom. The van der Waals surface area contributed by atoms with Crippen LogP contribution in [0.15, 0.2) is 0 Å². The van der Waals surface area contributed by atoms with E-state index in [0.717, 1.165) is 25.7 Å². The molecule has 1 saturated carbocycles. The van der Waals surface area contributed by atoms with Crippen LogP contribution in [-0.4, -0.2) is 42.6 Å². The molecule has 2 atom stereocenters. The third-order valence-electron chi connectivity index (χ3n) is 4.54. The van der Waals surface area contributed by atoms with Crippen molar-refractivity contribution in [3.05, 3.63) is 0 Å². The molecule has 0 bridgehead atoms. The summed E-state index contributed by atoms with van der Waals surface area (Å²) < 4.78 is 26.4. The van der Waals surface area contributed by atoms with Crippen LogP contribution in [0.2, 0.25) is 0 Å². The minimum absolute atomic E-state index is 0.117. The van der Waals surface area contributed by atoms with Crippen molar-refractivity contribution in [3.8, 4) is 0 Å². The summed E-state index contributed by atoms with van der Waals surface area (Å²) in [6, 6.07) is 0. The minimum Gasteiger partial charge on any atom is -0.481 e. The van der Waals surface area contributed by atoms with E-state index in [-0.39, 0.29) is 24.1 Å². The fourth-order valence-corrected chi connectivity index (χ4v) is 5.49. The molecule has 0 radical (unpaired) electrons. The van der Waals surface area contributed by atoms with Crippen molar-refractivity contribution in [2.45, 2.75) is 45.4 Å². The first-order valence-electron chi connectivity index (χ1n) is 7.59. The number of rotatable bonds is 4. The summed E-state index contributed by atoms with van der Waals surface area (Å²) in [5, 5.41) is 9.14. The molecule has 1 aliphatic heterocycles. The van der Waals surface area contributed by atoms with Gasteiger partial charge in [0.05, 0.1) is 11.7 Å². The van der Waals surface area contributed by atoms with Crippen LogP contribution >= 0.6 is 0 Å². The summed E-state index contributed by atoms with van der Waals surface area (Å²) in [6.45, 7) is 2.55. The van der Waals surface area contributed by atoms with E-state index in [4.69, 9.17) is 5.11 Å². The second-order valence-electron chi connectivity index (χ2n) is 6.48. The Morgan fingerprint density at radius 3 is 2.45 bits per heavy atom. The lowest BCUT2D eigenvalue weighted by Crippen LogP contribution is -2.47. The molecule has 1 heterocycles. The zero-order chi connectivity index (χ0) is 14.8. The molecule has 116 valence electrons. The highest BCUT2D eigenvalue weighted by molar-refractivity contribution is 7.89. The number of hydrogen-bond donors (Lipinski definition) is 1. The first-order valence-corrected chi connectivity index (χ1v) is 9.20. The molecule has 1 aliphatic carbocycles. The van der Waals surface area contributed by atoms with Crippen molar-refractivity contribution in [1.29, 1.82) is 0 Å². The quantitative estimate of drug-likeness (QED) is 0.861. The predicted molar refractivity (Wildman–Crippen MR) is 76.8 cm³/mol. The van der Waals surface area contributed by atoms with Gasteiger partial charge in [-0.2, -0.15) is 0 Å². The van der Waals surface area contributed by atoms with Gasteiger partial charge < -0.3 is 5.11 Å². The SMILES string of the molecule is CC1CC(C(=O)O)CN(S(=O)(=O)CC2CCCCC2)C1. The van der Waals surface area contributed by atoms with Gasteiger partial charge in [0.15, 0.2) is 0 Å². The second kappa shape index (κ2) is 6.43. The van der Waals surface area contributed by atoms with Crippen molar-refractivity contribution in [2.75, 3.05) is 18.8 Å². The summed E-state index contributed by atoms with van der Waals surface area (Å²) >= 11 is 0. The van der Waals surface area contributed by atoms with Gasteiger partial charge in [0.2, 0.25) is 10.0 Å². The highest BCUT2D eigenvalue weighted by atomic mass is 32.2. The van der Waals surface area contributed by atoms with E-state index in [9.17, 15) is 13.2 Å². The van der Waals surface area contributed by atoms with Crippen LogP contribution in [0.3, 0.4) is 0 Å². The highest BCUT2D eigenvalue weighted by Crippen LogP contribution is 2.29. The van der Waals surface area contributed by atoms with E-state index >= 15 is 0 Å². The van der Waals surface area contributed by atoms with Gasteiger partial charge in [0.1, 0.15) is 0 Å². The Balaban J connectivity index is 2.01. The van der Waals surface area contributed by atoms with Crippen molar-refractivity contribution < 1.29 is 18.3 Å². The molecule has 0 spiro atoms. The molecule has 1 N–H and O–H groups in total. The maximum atomic E-state index is 12.5. The molecule has 1 saturated heterocycles. The van der Waals surface area contributed by atoms with Gasteiger partial charge in [-0.05, 0) is 31.1 Å². The Hall–Kier alpha value is -0.620. The Kier molecular flexibility index (Phi) is 5.07. The number of nitrogens with zero attached hydrogens (tertiary/aromatic N) is 1. The molecular weight excluding hydrogens is 278 g/mol. The number of hydrogen-bond acceptors (Lipinski definition) is 3. The van der Waals surface area contributed by atoms with Gasteiger partial charge in [0, 0.05) is 13.1 Å². The molecule has 20 heavy (non-hydrogen) atoms. The van der Waals surface area contributed by atoms with E-state index in [1.807, 2.05) is 6.92 Å². The van der Waals surface area contributed by atoms with Crippen LogP contribution in [0.25, 0.3) is 0 Å². The first-order chi connectivity index (χ1) is 9.38. The molecule has 0 aromatic rings. The largest absolute Gasteiger partial charge is 0.481 e. The van der Waals surface area contributed by atoms with Crippen LogP contribution in [0, 0.1) is 17.8 Å². The van der Waals surface area contributed by atoms with E-state index in [2.05, 4.69) is 0 Å². The average Bonchev–Trinajstić information content (AvgIpc) is 2.38. The number of carboxylic acids is 1. The summed E-state index contributed by atoms with van der Waals surface area (Å²) in [7, 11) is -3.31. The van der Waals surface area contributed by atoms with Gasteiger partial charge in [-0.1, -0.05) is 26.2 Å². The molecule has 2 aliphatic rings. The Bertz CT molecular complexity index is 442. The lowest BCUT2D eigenvalue weighted by molar-refractivity contribution is -0.143. The minimum atomic E-state index is -3.31. The topological polar surface area (TPSA) is 74.7 Å². The lowest BCUT2D eigenvalue weighted by atomic mass is 9.91. The second-order valence-corrected chi connectivity index (χ2v) is 8.49. The smallest absolute Gasteiger partial charge is 0.307 e. The van der Waals surface area contributed by atoms with Gasteiger partial charge >= 0.3 is 5.97 Å². The van der Waals surface area contributed by atoms with Crippen LogP contribution in [0.1, 0.15) is 45.4 Å². The summed E-state index contributed by atoms with van der Waals surface area (Å²) in [5.74, 6) is -0.860. The third kappa shape index (κ3) is 3.95. The normalized spacial score (nSPS) is 30.2. The number of aliphatic carboxylic acids is 1. The van der Waals surface area contributed by atoms with Crippen LogP contribution in [0.4, 0.5) is 0 Å². The molecule has 2 fully saturated rings. The number of carbonyl (C=O) groups is 1. The lowest BCUT2D eigenvalue weighted by Gasteiger charge is -2.35. The predicted octanol–water partition coefficient (Wildman–Crippen LogP) is 1.94. The Morgan fingerprint density at radius 1 is 1.20 bits per heavy atom. The Labute approximate surface area is 121 Å². The van der Waals surface area contributed by atoms with Crippen LogP contribution in [0.5, 0.6) is 0 Å². The van der Waals surface area contributed by atoms with E-state index in [1.165, 1.54) is 10.7 Å². The summed E-state index contributed by atoms with van der Waals surface area (Å²) in [6.07, 6.45) is 6.00. The average molecular weight is 303 g/mol. The standard InChI is InChI=1S/C14H25NO4S/c1-11-7-13(14(16)17)9-15(8-11)20(18,19)10-12-5-3-2-4-6-12/h11-13H,2-10H2,1H3,(H,16,17). The van der Waals surface area contributed by atoms with Gasteiger partial charge in [-0.15, -0.1) is 0 Å². The summed E-state index contributed by atoms with van der Waals surface area (Å²) in [5.41, 5.74) is 0. The van der Waals surface area contributed by atoms with Crippen molar-refractivity contribution >= 4 is 16.0 Å². The van der Waals surface area contributed by atoms with Crippen molar-refractivity contribution in [2.24, 2.45) is 17.8 Å². The van der Waals surface area contributed by atoms with Crippen LogP contribution in [-0.2, 0) is 14.8 Å². The number of carboxylic acid groups (broad SMARTS) is 1. The zero-order valence-corrected chi connectivity index (χ0v) is 12.9. The maximum absolute atomic E-state index is 12.5. The summed E-state index contributed by atoms with van der Waals surface area (Å²) in [4.78, 5) is 11.1. The van der Waals surface area contributed by atoms with Crippen LogP contribution < -0.4 is 0 Å². The van der Waals surface area contributed by atoms with Crippen molar-refractivity contribution in [3.63, 3.8) is 0 Å². The maximum Gasteiger partial charge on any atom is 0.307 e. The van der Waals surface area contributed by atoms with E-state index < -0.39 is 21.9 Å². The molecular formula is C14H25NO4S. The van der Waals surface area contributed by atoms with Gasteiger partial charge in [-0.25, -0.2) is 12.7 Å². The third-order valence-corrected chi connectivity index (χ3v) is 6.52. The van der Waals surface area contributed by atoms with E-state index in [0.29, 0.717) is 13.0 Å². The first kappa shape index (κ1) is 15.8. The van der Waals surface area contributed by atoms with E-state index in [1.54, 1.807) is 0 Å². The van der Waals surface area contributed by atoms with Crippen molar-refractivity contribution in [1.82, 2.24) is 4.31 Å². The fraction of sp³-hybridized carbons (Fsp3) is 0.929. The monoisotopic (exact) mass is 303 g/mol. The molecule has 0 aromatic carbocycles. The molecule has 6 heteroatoms. The number of piperidine rings is 1. The molecule has 2 unspecified atom stereocenters. The fourth-order valence-electron chi connectivity index (χ4n) is 3.47. The van der Waals surface area contributed by atoms with Gasteiger partial charge in [-0.3, -0.25) is 4.79 Å². The molecule has 0 aromatic heterocycles.